The number of fused-ring (bicyclic) bond motifs is 1. The highest BCUT2D eigenvalue weighted by Gasteiger charge is 2.14. The van der Waals surface area contributed by atoms with Gasteiger partial charge in [0.05, 0.1) is 12.1 Å². The largest absolute Gasteiger partial charge is 0.290 e. The van der Waals surface area contributed by atoms with E-state index in [9.17, 15) is 4.79 Å². The molecule has 28 heavy (non-hydrogen) atoms. The van der Waals surface area contributed by atoms with Gasteiger partial charge in [0, 0.05) is 26.0 Å². The average Bonchev–Trinajstić information content (AvgIpc) is 3.08. The molecule has 7 heteroatoms. The maximum atomic E-state index is 11.7. The zero-order valence-electron chi connectivity index (χ0n) is 14.7. The lowest BCUT2D eigenvalue weighted by Crippen LogP contribution is -2.29. The van der Waals surface area contributed by atoms with Crippen LogP contribution in [0.15, 0.2) is 71.2 Å². The minimum atomic E-state index is -0.327. The number of nitrogens with zero attached hydrogens (tertiary/aromatic N) is 2. The van der Waals surface area contributed by atoms with Crippen LogP contribution in [0.2, 0.25) is 5.02 Å². The van der Waals surface area contributed by atoms with E-state index in [1.165, 1.54) is 0 Å². The van der Waals surface area contributed by atoms with Crippen LogP contribution in [0.4, 0.5) is 0 Å². The molecule has 4 rings (SSSR count). The number of hydrogen-bond acceptors (Lipinski definition) is 3. The number of para-hydroxylation sites is 1. The first kappa shape index (κ1) is 18.7. The second-order valence-corrected chi connectivity index (χ2v) is 7.63. The molecule has 0 unspecified atom stereocenters. The molecule has 0 fully saturated rings. The molecule has 0 bridgehead atoms. The van der Waals surface area contributed by atoms with Crippen molar-refractivity contribution in [3.8, 4) is 11.3 Å². The predicted octanol–water partition coefficient (Wildman–Crippen LogP) is 4.77. The molecule has 1 heterocycles. The second kappa shape index (κ2) is 7.75. The molecular formula is C21H16BrClN4O. The number of carbonyl (C=O) groups excluding carboxylic acids is 1. The van der Waals surface area contributed by atoms with Gasteiger partial charge >= 0.3 is 0 Å². The van der Waals surface area contributed by atoms with E-state index in [-0.39, 0.29) is 5.91 Å². The van der Waals surface area contributed by atoms with Gasteiger partial charge in [-0.15, -0.1) is 0 Å². The van der Waals surface area contributed by atoms with Gasteiger partial charge in [-0.3, -0.25) is 14.9 Å². The molecule has 0 saturated carbocycles. The van der Waals surface area contributed by atoms with Crippen molar-refractivity contribution < 1.29 is 4.79 Å². The van der Waals surface area contributed by atoms with Gasteiger partial charge in [0.25, 0.3) is 5.91 Å². The van der Waals surface area contributed by atoms with Crippen LogP contribution in [0.3, 0.4) is 0 Å². The topological polar surface area (TPSA) is 72.9 Å². The lowest BCUT2D eigenvalue weighted by molar-refractivity contribution is 0.0953. The van der Waals surface area contributed by atoms with E-state index in [0.29, 0.717) is 17.1 Å². The van der Waals surface area contributed by atoms with Crippen LogP contribution in [0.1, 0.15) is 15.9 Å². The van der Waals surface area contributed by atoms with Crippen molar-refractivity contribution in [2.24, 2.45) is 5.84 Å². The van der Waals surface area contributed by atoms with Crippen molar-refractivity contribution >= 4 is 44.3 Å². The molecule has 0 saturated heterocycles. The molecule has 0 aliphatic heterocycles. The van der Waals surface area contributed by atoms with Crippen LogP contribution < -0.4 is 11.3 Å². The highest BCUT2D eigenvalue weighted by atomic mass is 79.9. The van der Waals surface area contributed by atoms with Gasteiger partial charge in [0.2, 0.25) is 0 Å². The summed E-state index contributed by atoms with van der Waals surface area (Å²) in [6, 6.07) is 21.1. The molecule has 1 amide bonds. The zero-order valence-corrected chi connectivity index (χ0v) is 17.0. The van der Waals surface area contributed by atoms with Gasteiger partial charge in [-0.25, -0.2) is 5.84 Å². The average molecular weight is 456 g/mol. The van der Waals surface area contributed by atoms with Crippen LogP contribution in [-0.4, -0.2) is 15.7 Å². The fourth-order valence-electron chi connectivity index (χ4n) is 3.14. The Hall–Kier alpha value is -2.67. The summed E-state index contributed by atoms with van der Waals surface area (Å²) in [7, 11) is 0. The van der Waals surface area contributed by atoms with Crippen LogP contribution >= 0.6 is 27.5 Å². The van der Waals surface area contributed by atoms with Gasteiger partial charge in [-0.1, -0.05) is 63.9 Å². The number of rotatable bonds is 4. The molecule has 3 N–H and O–H groups in total. The standard InChI is InChI=1S/C21H16BrClN4O/c22-16-10-9-15(18(23)11-16)12-27-19-4-2-1-3-17(19)20(26-27)13-5-7-14(8-6-13)21(28)25-24/h1-11H,12,24H2,(H,25,28). The van der Waals surface area contributed by atoms with E-state index in [4.69, 9.17) is 22.5 Å². The summed E-state index contributed by atoms with van der Waals surface area (Å²) in [6.07, 6.45) is 0. The lowest BCUT2D eigenvalue weighted by Gasteiger charge is -2.06. The summed E-state index contributed by atoms with van der Waals surface area (Å²) in [5, 5.41) is 6.56. The van der Waals surface area contributed by atoms with E-state index in [1.54, 1.807) is 12.1 Å². The molecule has 3 aromatic carbocycles. The number of amides is 1. The molecule has 1 aromatic heterocycles. The van der Waals surface area contributed by atoms with Gasteiger partial charge < -0.3 is 0 Å². The Bertz CT molecular complexity index is 1170. The van der Waals surface area contributed by atoms with Crippen LogP contribution in [0, 0.1) is 0 Å². The highest BCUT2D eigenvalue weighted by molar-refractivity contribution is 9.10. The van der Waals surface area contributed by atoms with Crippen molar-refractivity contribution in [1.82, 2.24) is 15.2 Å². The highest BCUT2D eigenvalue weighted by Crippen LogP contribution is 2.30. The van der Waals surface area contributed by atoms with Crippen LogP contribution in [0.25, 0.3) is 22.2 Å². The number of hydrogen-bond donors (Lipinski definition) is 2. The Balaban J connectivity index is 1.77. The van der Waals surface area contributed by atoms with Crippen molar-refractivity contribution in [3.63, 3.8) is 0 Å². The Labute approximate surface area is 175 Å². The van der Waals surface area contributed by atoms with Gasteiger partial charge in [0.15, 0.2) is 0 Å². The Morgan fingerprint density at radius 1 is 1.11 bits per heavy atom. The Kier molecular flexibility index (Phi) is 5.17. The quantitative estimate of drug-likeness (QED) is 0.264. The first-order valence-corrected chi connectivity index (χ1v) is 9.75. The SMILES string of the molecule is NNC(=O)c1ccc(-c2nn(Cc3ccc(Br)cc3Cl)c3ccccc23)cc1. The summed E-state index contributed by atoms with van der Waals surface area (Å²) in [4.78, 5) is 11.7. The minimum Gasteiger partial charge on any atom is -0.290 e. The maximum Gasteiger partial charge on any atom is 0.265 e. The molecule has 0 aliphatic carbocycles. The normalized spacial score (nSPS) is 11.0. The minimum absolute atomic E-state index is 0.327. The molecular weight excluding hydrogens is 440 g/mol. The van der Waals surface area contributed by atoms with Crippen molar-refractivity contribution in [2.75, 3.05) is 0 Å². The number of nitrogens with one attached hydrogen (secondary N) is 1. The molecule has 4 aromatic rings. The van der Waals surface area contributed by atoms with E-state index in [0.717, 1.165) is 32.2 Å². The molecule has 0 spiro atoms. The fourth-order valence-corrected chi connectivity index (χ4v) is 3.87. The maximum absolute atomic E-state index is 11.7. The number of hydrazine groups is 1. The third-order valence-electron chi connectivity index (χ3n) is 4.54. The Morgan fingerprint density at radius 3 is 2.57 bits per heavy atom. The van der Waals surface area contributed by atoms with Crippen molar-refractivity contribution in [3.05, 3.63) is 87.4 Å². The third kappa shape index (κ3) is 3.54. The van der Waals surface area contributed by atoms with Crippen LogP contribution in [-0.2, 0) is 6.54 Å². The van der Waals surface area contributed by atoms with E-state index in [2.05, 4.69) is 21.4 Å². The fraction of sp³-hybridized carbons (Fsp3) is 0.0476. The lowest BCUT2D eigenvalue weighted by atomic mass is 10.1. The first-order chi connectivity index (χ1) is 13.6. The van der Waals surface area contributed by atoms with Crippen LogP contribution in [0.5, 0.6) is 0 Å². The van der Waals surface area contributed by atoms with Crippen molar-refractivity contribution in [2.45, 2.75) is 6.54 Å². The van der Waals surface area contributed by atoms with Gasteiger partial charge in [0.1, 0.15) is 5.69 Å². The van der Waals surface area contributed by atoms with Gasteiger partial charge in [-0.05, 0) is 35.9 Å². The molecule has 0 radical (unpaired) electrons. The van der Waals surface area contributed by atoms with E-state index < -0.39 is 0 Å². The number of carbonyl (C=O) groups is 1. The number of aromatic nitrogens is 2. The summed E-state index contributed by atoms with van der Waals surface area (Å²) < 4.78 is 2.88. The first-order valence-electron chi connectivity index (χ1n) is 8.57. The van der Waals surface area contributed by atoms with E-state index in [1.807, 2.05) is 59.3 Å². The van der Waals surface area contributed by atoms with Gasteiger partial charge in [-0.2, -0.15) is 5.10 Å². The molecule has 0 aliphatic rings. The predicted molar refractivity (Wildman–Crippen MR) is 115 cm³/mol. The molecule has 5 nitrogen and oxygen atoms in total. The summed E-state index contributed by atoms with van der Waals surface area (Å²) in [6.45, 7) is 0.556. The van der Waals surface area contributed by atoms with Crippen molar-refractivity contribution in [1.29, 1.82) is 0 Å². The Morgan fingerprint density at radius 2 is 1.86 bits per heavy atom. The third-order valence-corrected chi connectivity index (χ3v) is 5.39. The number of nitrogen functional groups attached to an aromatic ring is 1. The number of halogens is 2. The molecule has 0 atom stereocenters. The smallest absolute Gasteiger partial charge is 0.265 e. The number of nitrogens with two attached hydrogens (primary N) is 1. The number of benzene rings is 3. The summed E-state index contributed by atoms with van der Waals surface area (Å²) >= 11 is 9.83. The summed E-state index contributed by atoms with van der Waals surface area (Å²) in [5.41, 5.74) is 6.41. The van der Waals surface area contributed by atoms with E-state index >= 15 is 0 Å². The summed E-state index contributed by atoms with van der Waals surface area (Å²) in [5.74, 6) is 4.87. The second-order valence-electron chi connectivity index (χ2n) is 6.31. The monoisotopic (exact) mass is 454 g/mol. The molecule has 140 valence electrons. The zero-order chi connectivity index (χ0) is 19.7.